The van der Waals surface area contributed by atoms with Crippen molar-refractivity contribution in [3.05, 3.63) is 41.2 Å². The van der Waals surface area contributed by atoms with Crippen LogP contribution in [-0.4, -0.2) is 43.2 Å². The van der Waals surface area contributed by atoms with Crippen molar-refractivity contribution in [2.75, 3.05) is 25.5 Å². The van der Waals surface area contributed by atoms with E-state index < -0.39 is 0 Å². The standard InChI is InChI=1S/C17H16N4O3/c1-10-13(16(22)20-11-5-3-4-6-12(11)23-2)14-15-18-7-8-21(15)9-19-17(14)24-10/h3-6,9H,7-8H2,1-2H3,(H,20,22). The summed E-state index contributed by atoms with van der Waals surface area (Å²) in [5.74, 6) is 2.00. The number of amides is 1. The first-order chi connectivity index (χ1) is 11.7. The molecular weight excluding hydrogens is 308 g/mol. The smallest absolute Gasteiger partial charge is 0.260 e. The van der Waals surface area contributed by atoms with E-state index in [1.165, 1.54) is 0 Å². The summed E-state index contributed by atoms with van der Waals surface area (Å²) in [5.41, 5.74) is 1.71. The van der Waals surface area contributed by atoms with Crippen LogP contribution >= 0.6 is 0 Å². The number of benzene rings is 1. The molecule has 2 aromatic rings. The maximum Gasteiger partial charge on any atom is 0.260 e. The molecule has 1 amide bonds. The van der Waals surface area contributed by atoms with Gasteiger partial charge in [0.1, 0.15) is 23.7 Å². The summed E-state index contributed by atoms with van der Waals surface area (Å²) in [5, 5.41) is 2.89. The van der Waals surface area contributed by atoms with E-state index in [1.807, 2.05) is 17.0 Å². The molecule has 122 valence electrons. The van der Waals surface area contributed by atoms with Gasteiger partial charge in [-0.15, -0.1) is 0 Å². The summed E-state index contributed by atoms with van der Waals surface area (Å²) in [7, 11) is 1.57. The topological polar surface area (TPSA) is 79.4 Å². The lowest BCUT2D eigenvalue weighted by atomic mass is 10.1. The van der Waals surface area contributed by atoms with Crippen molar-refractivity contribution in [3.8, 4) is 5.75 Å². The second kappa shape index (κ2) is 5.52. The van der Waals surface area contributed by atoms with Gasteiger partial charge in [0.15, 0.2) is 0 Å². The predicted octanol–water partition coefficient (Wildman–Crippen LogP) is 2.58. The van der Waals surface area contributed by atoms with E-state index in [1.54, 1.807) is 32.5 Å². The van der Waals surface area contributed by atoms with Crippen LogP contribution in [0.15, 0.2) is 38.7 Å². The van der Waals surface area contributed by atoms with E-state index in [2.05, 4.69) is 15.3 Å². The number of anilines is 1. The Labute approximate surface area is 138 Å². The molecule has 3 heterocycles. The minimum atomic E-state index is -0.270. The molecule has 0 saturated heterocycles. The molecule has 0 bridgehead atoms. The Morgan fingerprint density at radius 3 is 3.04 bits per heavy atom. The summed E-state index contributed by atoms with van der Waals surface area (Å²) in [6.07, 6.45) is 1.69. The number of hydrogen-bond donors (Lipinski definition) is 1. The third-order valence-electron chi connectivity index (χ3n) is 4.06. The molecule has 7 heteroatoms. The molecule has 1 aromatic heterocycles. The number of carbonyl (C=O) groups is 1. The molecule has 0 atom stereocenters. The average molecular weight is 324 g/mol. The highest BCUT2D eigenvalue weighted by Crippen LogP contribution is 2.35. The lowest BCUT2D eigenvalue weighted by molar-refractivity contribution is 0.102. The number of nitrogens with one attached hydrogen (secondary N) is 1. The maximum absolute atomic E-state index is 12.9. The molecule has 24 heavy (non-hydrogen) atoms. The number of para-hydroxylation sites is 2. The number of methoxy groups -OCH3 is 1. The van der Waals surface area contributed by atoms with Gasteiger partial charge in [0, 0.05) is 6.54 Å². The highest BCUT2D eigenvalue weighted by Gasteiger charge is 2.33. The Morgan fingerprint density at radius 1 is 1.38 bits per heavy atom. The number of aryl methyl sites for hydroxylation is 1. The molecule has 1 aromatic carbocycles. The predicted molar refractivity (Wildman–Crippen MR) is 90.7 cm³/mol. The van der Waals surface area contributed by atoms with Gasteiger partial charge in [0.05, 0.1) is 30.5 Å². The van der Waals surface area contributed by atoms with E-state index in [0.717, 1.165) is 12.4 Å². The molecule has 1 N–H and O–H groups in total. The van der Waals surface area contributed by atoms with Crippen LogP contribution in [-0.2, 0) is 0 Å². The maximum atomic E-state index is 12.9. The highest BCUT2D eigenvalue weighted by atomic mass is 16.5. The summed E-state index contributed by atoms with van der Waals surface area (Å²) >= 11 is 0. The van der Waals surface area contributed by atoms with Crippen LogP contribution in [0.5, 0.6) is 5.75 Å². The van der Waals surface area contributed by atoms with Crippen molar-refractivity contribution >= 4 is 29.7 Å². The average Bonchev–Trinajstić information content (AvgIpc) is 3.18. The van der Waals surface area contributed by atoms with Crippen molar-refractivity contribution in [1.82, 2.24) is 4.90 Å². The zero-order valence-electron chi connectivity index (χ0n) is 13.4. The van der Waals surface area contributed by atoms with Gasteiger partial charge in [-0.2, -0.15) is 0 Å². The van der Waals surface area contributed by atoms with Gasteiger partial charge in [0.25, 0.3) is 5.91 Å². The Kier molecular flexibility index (Phi) is 3.34. The molecule has 4 rings (SSSR count). The first kappa shape index (κ1) is 14.5. The lowest BCUT2D eigenvalue weighted by Gasteiger charge is -2.18. The molecule has 2 aliphatic heterocycles. The Hall–Kier alpha value is -3.09. The van der Waals surface area contributed by atoms with Crippen molar-refractivity contribution < 1.29 is 13.9 Å². The van der Waals surface area contributed by atoms with Crippen LogP contribution in [0.4, 0.5) is 11.6 Å². The molecule has 7 nitrogen and oxygen atoms in total. The number of aliphatic imine (C=N–C) groups is 2. The fourth-order valence-corrected chi connectivity index (χ4v) is 2.95. The third kappa shape index (κ3) is 2.17. The first-order valence-corrected chi connectivity index (χ1v) is 7.62. The fourth-order valence-electron chi connectivity index (χ4n) is 2.95. The third-order valence-corrected chi connectivity index (χ3v) is 4.06. The van der Waals surface area contributed by atoms with Gasteiger partial charge in [-0.3, -0.25) is 9.79 Å². The Balaban J connectivity index is 1.74. The van der Waals surface area contributed by atoms with Crippen molar-refractivity contribution in [3.63, 3.8) is 0 Å². The highest BCUT2D eigenvalue weighted by molar-refractivity contribution is 6.19. The zero-order chi connectivity index (χ0) is 16.7. The zero-order valence-corrected chi connectivity index (χ0v) is 13.4. The molecule has 2 aliphatic rings. The number of carbonyl (C=O) groups excluding carboxylic acids is 1. The molecule has 0 unspecified atom stereocenters. The van der Waals surface area contributed by atoms with Crippen LogP contribution in [0.2, 0.25) is 0 Å². The van der Waals surface area contributed by atoms with E-state index >= 15 is 0 Å². The van der Waals surface area contributed by atoms with Crippen LogP contribution in [0.1, 0.15) is 21.7 Å². The Bertz CT molecular complexity index is 882. The number of nitrogens with zero attached hydrogens (tertiary/aromatic N) is 3. The van der Waals surface area contributed by atoms with Gasteiger partial charge >= 0.3 is 0 Å². The van der Waals surface area contributed by atoms with E-state index in [4.69, 9.17) is 9.15 Å². The fraction of sp³-hybridized carbons (Fsp3) is 0.235. The van der Waals surface area contributed by atoms with Crippen molar-refractivity contribution in [1.29, 1.82) is 0 Å². The minimum Gasteiger partial charge on any atom is -0.495 e. The van der Waals surface area contributed by atoms with Gasteiger partial charge < -0.3 is 19.4 Å². The SMILES string of the molecule is COc1ccccc1NC(=O)c1c(C)oc2c1C1=NCCN1C=N2. The summed E-state index contributed by atoms with van der Waals surface area (Å²) in [4.78, 5) is 23.6. The molecular formula is C17H16N4O3. The minimum absolute atomic E-state index is 0.270. The number of furan rings is 1. The van der Waals surface area contributed by atoms with Gasteiger partial charge in [-0.05, 0) is 19.1 Å². The molecule has 0 aliphatic carbocycles. The number of amidine groups is 1. The van der Waals surface area contributed by atoms with Gasteiger partial charge in [-0.25, -0.2) is 4.99 Å². The number of ether oxygens (including phenoxy) is 1. The summed E-state index contributed by atoms with van der Waals surface area (Å²) < 4.78 is 10.9. The summed E-state index contributed by atoms with van der Waals surface area (Å²) in [6, 6.07) is 7.26. The van der Waals surface area contributed by atoms with Gasteiger partial charge in [-0.1, -0.05) is 12.1 Å². The van der Waals surface area contributed by atoms with E-state index in [-0.39, 0.29) is 5.91 Å². The number of hydrogen-bond acceptors (Lipinski definition) is 6. The molecule has 0 saturated carbocycles. The Morgan fingerprint density at radius 2 is 2.21 bits per heavy atom. The molecule has 0 radical (unpaired) electrons. The lowest BCUT2D eigenvalue weighted by Crippen LogP contribution is -2.30. The second-order valence-corrected chi connectivity index (χ2v) is 5.51. The van der Waals surface area contributed by atoms with Crippen LogP contribution in [0, 0.1) is 6.92 Å². The first-order valence-electron chi connectivity index (χ1n) is 7.62. The summed E-state index contributed by atoms with van der Waals surface area (Å²) in [6.45, 7) is 3.19. The number of rotatable bonds is 3. The molecule has 0 fully saturated rings. The van der Waals surface area contributed by atoms with Gasteiger partial charge in [0.2, 0.25) is 5.88 Å². The normalized spacial score (nSPS) is 14.9. The number of fused-ring (bicyclic) bond motifs is 3. The van der Waals surface area contributed by atoms with Crippen LogP contribution in [0.25, 0.3) is 0 Å². The second-order valence-electron chi connectivity index (χ2n) is 5.51. The van der Waals surface area contributed by atoms with Crippen LogP contribution in [0.3, 0.4) is 0 Å². The van der Waals surface area contributed by atoms with Crippen molar-refractivity contribution in [2.45, 2.75) is 6.92 Å². The van der Waals surface area contributed by atoms with Crippen LogP contribution < -0.4 is 10.1 Å². The molecule has 0 spiro atoms. The quantitative estimate of drug-likeness (QED) is 0.941. The monoisotopic (exact) mass is 324 g/mol. The largest absolute Gasteiger partial charge is 0.495 e. The van der Waals surface area contributed by atoms with Crippen molar-refractivity contribution in [2.24, 2.45) is 9.98 Å². The van der Waals surface area contributed by atoms with E-state index in [0.29, 0.717) is 40.8 Å². The van der Waals surface area contributed by atoms with E-state index in [9.17, 15) is 4.79 Å².